The van der Waals surface area contributed by atoms with Crippen molar-refractivity contribution in [1.29, 1.82) is 0 Å². The summed E-state index contributed by atoms with van der Waals surface area (Å²) in [6, 6.07) is 0. The molecular formula is C9H17NO2. The minimum atomic E-state index is -0.316. The number of allylic oxidation sites excluding steroid dienone is 1. The third-order valence-corrected chi connectivity index (χ3v) is 1.73. The van der Waals surface area contributed by atoms with Crippen LogP contribution in [0.2, 0.25) is 0 Å². The number of nitrogens with zero attached hydrogens (tertiary/aromatic N) is 1. The van der Waals surface area contributed by atoms with E-state index in [1.54, 1.807) is 6.08 Å². The number of rotatable bonds is 6. The van der Waals surface area contributed by atoms with Crippen molar-refractivity contribution in [3.8, 4) is 0 Å². The zero-order valence-electron chi connectivity index (χ0n) is 7.82. The molecule has 0 bridgehead atoms. The van der Waals surface area contributed by atoms with Crippen molar-refractivity contribution >= 4 is 0 Å². The van der Waals surface area contributed by atoms with Crippen LogP contribution in [-0.4, -0.2) is 11.5 Å². The predicted octanol–water partition coefficient (Wildman–Crippen LogP) is 2.65. The first-order valence-corrected chi connectivity index (χ1v) is 4.45. The molecular weight excluding hydrogens is 154 g/mol. The maximum atomic E-state index is 9.95. The molecule has 0 aromatic heterocycles. The quantitative estimate of drug-likeness (QED) is 0.350. The Hall–Kier alpha value is -0.860. The smallest absolute Gasteiger partial charge is 0.222 e. The zero-order chi connectivity index (χ0) is 9.40. The van der Waals surface area contributed by atoms with Gasteiger partial charge in [-0.1, -0.05) is 32.8 Å². The second-order valence-corrected chi connectivity index (χ2v) is 3.06. The molecule has 0 spiro atoms. The van der Waals surface area contributed by atoms with Gasteiger partial charge in [-0.25, -0.2) is 0 Å². The Bertz CT molecular complexity index is 155. The van der Waals surface area contributed by atoms with Gasteiger partial charge in [-0.3, -0.25) is 10.1 Å². The topological polar surface area (TPSA) is 43.1 Å². The number of unbranched alkanes of at least 4 members (excludes halogenated alkanes) is 1. The van der Waals surface area contributed by atoms with Crippen LogP contribution in [0, 0.1) is 16.0 Å². The Kier molecular flexibility index (Phi) is 6.34. The fourth-order valence-electron chi connectivity index (χ4n) is 1.00. The van der Waals surface area contributed by atoms with Crippen LogP contribution in [0.1, 0.15) is 33.1 Å². The standard InChI is InChI=1S/C9H17NO2/c1-3-4-6-9(2)7-5-8-10(11)12/h5,7,9H,3-4,6,8H2,1-2H3/b7-5+/t9-/m0/s1. The van der Waals surface area contributed by atoms with Gasteiger partial charge < -0.3 is 0 Å². The summed E-state index contributed by atoms with van der Waals surface area (Å²) in [6.07, 6.45) is 7.08. The molecule has 0 saturated heterocycles. The van der Waals surface area contributed by atoms with Crippen LogP contribution in [0.25, 0.3) is 0 Å². The van der Waals surface area contributed by atoms with Crippen LogP contribution in [-0.2, 0) is 0 Å². The molecule has 70 valence electrons. The van der Waals surface area contributed by atoms with Gasteiger partial charge in [0.15, 0.2) is 0 Å². The summed E-state index contributed by atoms with van der Waals surface area (Å²) in [6.45, 7) is 4.19. The van der Waals surface area contributed by atoms with Gasteiger partial charge in [0.05, 0.1) is 0 Å². The Balaban J connectivity index is 3.46. The van der Waals surface area contributed by atoms with Crippen molar-refractivity contribution < 1.29 is 4.92 Å². The van der Waals surface area contributed by atoms with Gasteiger partial charge in [0.2, 0.25) is 6.54 Å². The molecule has 0 aliphatic carbocycles. The van der Waals surface area contributed by atoms with E-state index in [4.69, 9.17) is 0 Å². The molecule has 12 heavy (non-hydrogen) atoms. The minimum Gasteiger partial charge on any atom is -0.264 e. The van der Waals surface area contributed by atoms with E-state index in [1.807, 2.05) is 6.08 Å². The zero-order valence-corrected chi connectivity index (χ0v) is 7.82. The molecule has 0 heterocycles. The van der Waals surface area contributed by atoms with Crippen LogP contribution in [0.3, 0.4) is 0 Å². The molecule has 3 nitrogen and oxygen atoms in total. The van der Waals surface area contributed by atoms with Crippen LogP contribution in [0.5, 0.6) is 0 Å². The molecule has 0 aliphatic rings. The fraction of sp³-hybridized carbons (Fsp3) is 0.778. The second kappa shape index (κ2) is 6.83. The lowest BCUT2D eigenvalue weighted by Gasteiger charge is -2.02. The van der Waals surface area contributed by atoms with Gasteiger partial charge in [0.25, 0.3) is 0 Å². The molecule has 0 radical (unpaired) electrons. The fourth-order valence-corrected chi connectivity index (χ4v) is 1.00. The molecule has 0 rings (SSSR count). The Morgan fingerprint density at radius 1 is 1.58 bits per heavy atom. The SMILES string of the molecule is CCCC[C@H](C)/C=C/C[N+](=O)[O-]. The van der Waals surface area contributed by atoms with Crippen molar-refractivity contribution in [3.05, 3.63) is 22.3 Å². The van der Waals surface area contributed by atoms with E-state index in [1.165, 1.54) is 12.8 Å². The average Bonchev–Trinajstić information content (AvgIpc) is 2.00. The van der Waals surface area contributed by atoms with Crippen LogP contribution >= 0.6 is 0 Å². The van der Waals surface area contributed by atoms with Crippen molar-refractivity contribution in [2.24, 2.45) is 5.92 Å². The molecule has 0 amide bonds. The minimum absolute atomic E-state index is 0.0452. The van der Waals surface area contributed by atoms with E-state index < -0.39 is 0 Å². The van der Waals surface area contributed by atoms with E-state index in [0.29, 0.717) is 5.92 Å². The summed E-state index contributed by atoms with van der Waals surface area (Å²) < 4.78 is 0. The number of hydrogen-bond acceptors (Lipinski definition) is 2. The summed E-state index contributed by atoms with van der Waals surface area (Å²) >= 11 is 0. The van der Waals surface area contributed by atoms with Crippen molar-refractivity contribution in [1.82, 2.24) is 0 Å². The van der Waals surface area contributed by atoms with E-state index in [9.17, 15) is 10.1 Å². The summed E-state index contributed by atoms with van der Waals surface area (Å²) in [5.74, 6) is 0.477. The van der Waals surface area contributed by atoms with Gasteiger partial charge in [-0.2, -0.15) is 0 Å². The third kappa shape index (κ3) is 7.25. The normalized spacial score (nSPS) is 13.5. The van der Waals surface area contributed by atoms with Crippen LogP contribution in [0.15, 0.2) is 12.2 Å². The molecule has 0 unspecified atom stereocenters. The average molecular weight is 171 g/mol. The molecule has 3 heteroatoms. The molecule has 0 N–H and O–H groups in total. The highest BCUT2D eigenvalue weighted by molar-refractivity contribution is 4.85. The second-order valence-electron chi connectivity index (χ2n) is 3.06. The monoisotopic (exact) mass is 171 g/mol. The molecule has 1 atom stereocenters. The first-order chi connectivity index (χ1) is 5.66. The van der Waals surface area contributed by atoms with E-state index in [2.05, 4.69) is 13.8 Å². The van der Waals surface area contributed by atoms with Crippen molar-refractivity contribution in [2.45, 2.75) is 33.1 Å². The highest BCUT2D eigenvalue weighted by Gasteiger charge is 1.96. The predicted molar refractivity (Wildman–Crippen MR) is 49.7 cm³/mol. The lowest BCUT2D eigenvalue weighted by Crippen LogP contribution is -1.97. The maximum absolute atomic E-state index is 9.95. The summed E-state index contributed by atoms with van der Waals surface area (Å²) in [7, 11) is 0. The number of hydrogen-bond donors (Lipinski definition) is 0. The molecule has 0 aromatic rings. The summed E-state index contributed by atoms with van der Waals surface area (Å²) in [5, 5.41) is 9.95. The molecule has 0 aromatic carbocycles. The molecule has 0 saturated carbocycles. The van der Waals surface area contributed by atoms with Gasteiger partial charge in [-0.15, -0.1) is 0 Å². The Morgan fingerprint density at radius 3 is 2.75 bits per heavy atom. The summed E-state index contributed by atoms with van der Waals surface area (Å²) in [4.78, 5) is 9.63. The van der Waals surface area contributed by atoms with Gasteiger partial charge in [0.1, 0.15) is 0 Å². The first-order valence-electron chi connectivity index (χ1n) is 4.45. The lowest BCUT2D eigenvalue weighted by molar-refractivity contribution is -0.468. The van der Waals surface area contributed by atoms with Gasteiger partial charge in [-0.05, 0) is 18.4 Å². The molecule has 0 aliphatic heterocycles. The maximum Gasteiger partial charge on any atom is 0.222 e. The Labute approximate surface area is 73.6 Å². The van der Waals surface area contributed by atoms with Crippen LogP contribution < -0.4 is 0 Å². The summed E-state index contributed by atoms with van der Waals surface area (Å²) in [5.41, 5.74) is 0. The molecule has 0 fully saturated rings. The highest BCUT2D eigenvalue weighted by Crippen LogP contribution is 2.08. The van der Waals surface area contributed by atoms with Crippen LogP contribution in [0.4, 0.5) is 0 Å². The largest absolute Gasteiger partial charge is 0.264 e. The highest BCUT2D eigenvalue weighted by atomic mass is 16.6. The van der Waals surface area contributed by atoms with Crippen molar-refractivity contribution in [3.63, 3.8) is 0 Å². The third-order valence-electron chi connectivity index (χ3n) is 1.73. The Morgan fingerprint density at radius 2 is 2.25 bits per heavy atom. The number of nitro groups is 1. The van der Waals surface area contributed by atoms with Crippen molar-refractivity contribution in [2.75, 3.05) is 6.54 Å². The van der Waals surface area contributed by atoms with Gasteiger partial charge >= 0.3 is 0 Å². The lowest BCUT2D eigenvalue weighted by atomic mass is 10.0. The van der Waals surface area contributed by atoms with E-state index >= 15 is 0 Å². The van der Waals surface area contributed by atoms with E-state index in [0.717, 1.165) is 6.42 Å². The first kappa shape index (κ1) is 11.1. The van der Waals surface area contributed by atoms with E-state index in [-0.39, 0.29) is 11.5 Å². The van der Waals surface area contributed by atoms with Gasteiger partial charge in [0, 0.05) is 4.92 Å².